The molecule has 1 aromatic rings. The van der Waals surface area contributed by atoms with E-state index in [0.717, 1.165) is 19.3 Å². The lowest BCUT2D eigenvalue weighted by Gasteiger charge is -2.09. The molecule has 1 aliphatic rings. The first kappa shape index (κ1) is 11.6. The monoisotopic (exact) mass is 234 g/mol. The summed E-state index contributed by atoms with van der Waals surface area (Å²) in [4.78, 5) is 23.3. The van der Waals surface area contributed by atoms with E-state index in [0.29, 0.717) is 24.3 Å². The minimum atomic E-state index is -0.389. The number of carbonyl (C=O) groups is 2. The van der Waals surface area contributed by atoms with E-state index in [9.17, 15) is 9.59 Å². The quantitative estimate of drug-likeness (QED) is 0.646. The zero-order chi connectivity index (χ0) is 12.1. The second kappa shape index (κ2) is 5.48. The Morgan fingerprint density at radius 3 is 1.88 bits per heavy atom. The van der Waals surface area contributed by atoms with Gasteiger partial charge in [0.2, 0.25) is 0 Å². The van der Waals surface area contributed by atoms with Gasteiger partial charge in [0.05, 0.1) is 24.3 Å². The van der Waals surface area contributed by atoms with Crippen molar-refractivity contribution in [1.29, 1.82) is 0 Å². The minimum Gasteiger partial charge on any atom is -0.462 e. The first-order valence-electron chi connectivity index (χ1n) is 5.72. The van der Waals surface area contributed by atoms with E-state index in [-0.39, 0.29) is 11.9 Å². The number of rotatable bonds is 0. The SMILES string of the molecule is O=C1OCCCCCOC(=O)c2cccc1c2. The van der Waals surface area contributed by atoms with Crippen LogP contribution in [0.5, 0.6) is 0 Å². The molecule has 1 heterocycles. The van der Waals surface area contributed by atoms with Crippen molar-refractivity contribution in [3.8, 4) is 0 Å². The van der Waals surface area contributed by atoms with Gasteiger partial charge in [-0.25, -0.2) is 9.59 Å². The number of esters is 2. The van der Waals surface area contributed by atoms with Gasteiger partial charge in [-0.1, -0.05) is 6.07 Å². The van der Waals surface area contributed by atoms with Gasteiger partial charge in [0.1, 0.15) is 0 Å². The van der Waals surface area contributed by atoms with Gasteiger partial charge in [-0.15, -0.1) is 0 Å². The van der Waals surface area contributed by atoms with E-state index in [1.807, 2.05) is 0 Å². The summed E-state index contributed by atoms with van der Waals surface area (Å²) in [6, 6.07) is 6.42. The van der Waals surface area contributed by atoms with Crippen LogP contribution in [0.2, 0.25) is 0 Å². The minimum absolute atomic E-state index is 0.389. The molecule has 0 fully saturated rings. The van der Waals surface area contributed by atoms with Crippen molar-refractivity contribution >= 4 is 11.9 Å². The summed E-state index contributed by atoms with van der Waals surface area (Å²) in [6.45, 7) is 0.827. The fraction of sp³-hybridized carbons (Fsp3) is 0.385. The van der Waals surface area contributed by atoms with Crippen molar-refractivity contribution in [3.05, 3.63) is 35.4 Å². The van der Waals surface area contributed by atoms with Gasteiger partial charge in [0.15, 0.2) is 0 Å². The number of benzene rings is 1. The van der Waals surface area contributed by atoms with E-state index < -0.39 is 0 Å². The average Bonchev–Trinajstić information content (AvgIpc) is 2.36. The molecule has 2 rings (SSSR count). The smallest absolute Gasteiger partial charge is 0.338 e. The molecule has 4 heteroatoms. The number of fused-ring (bicyclic) bond motifs is 2. The molecule has 0 saturated carbocycles. The van der Waals surface area contributed by atoms with Crippen LogP contribution in [-0.4, -0.2) is 25.2 Å². The normalized spacial score (nSPS) is 17.4. The second-order valence-corrected chi connectivity index (χ2v) is 3.91. The van der Waals surface area contributed by atoms with Crippen molar-refractivity contribution in [1.82, 2.24) is 0 Å². The molecule has 0 spiro atoms. The van der Waals surface area contributed by atoms with Crippen LogP contribution in [0.1, 0.15) is 40.0 Å². The predicted octanol–water partition coefficient (Wildman–Crippen LogP) is 2.18. The van der Waals surface area contributed by atoms with Crippen molar-refractivity contribution in [2.45, 2.75) is 19.3 Å². The molecule has 17 heavy (non-hydrogen) atoms. The predicted molar refractivity (Wildman–Crippen MR) is 60.9 cm³/mol. The Hall–Kier alpha value is -1.84. The van der Waals surface area contributed by atoms with E-state index in [1.54, 1.807) is 18.2 Å². The first-order valence-corrected chi connectivity index (χ1v) is 5.72. The molecule has 0 N–H and O–H groups in total. The molecule has 1 aromatic carbocycles. The molecule has 0 aliphatic carbocycles. The highest BCUT2D eigenvalue weighted by Crippen LogP contribution is 2.10. The van der Waals surface area contributed by atoms with Gasteiger partial charge in [0, 0.05) is 0 Å². The highest BCUT2D eigenvalue weighted by Gasteiger charge is 2.13. The molecular formula is C13H14O4. The Labute approximate surface area is 99.5 Å². The van der Waals surface area contributed by atoms with E-state index >= 15 is 0 Å². The molecule has 0 radical (unpaired) electrons. The lowest BCUT2D eigenvalue weighted by molar-refractivity contribution is 0.0467. The Morgan fingerprint density at radius 2 is 1.35 bits per heavy atom. The zero-order valence-electron chi connectivity index (χ0n) is 9.48. The number of cyclic esters (lactones) is 2. The van der Waals surface area contributed by atoms with E-state index in [4.69, 9.17) is 9.47 Å². The van der Waals surface area contributed by atoms with Crippen LogP contribution >= 0.6 is 0 Å². The molecule has 90 valence electrons. The summed E-state index contributed by atoms with van der Waals surface area (Å²) in [7, 11) is 0. The van der Waals surface area contributed by atoms with Crippen LogP contribution < -0.4 is 0 Å². The summed E-state index contributed by atoms with van der Waals surface area (Å²) in [5.74, 6) is -0.777. The van der Waals surface area contributed by atoms with Crippen LogP contribution in [0.4, 0.5) is 0 Å². The van der Waals surface area contributed by atoms with Gasteiger partial charge in [0.25, 0.3) is 0 Å². The number of ether oxygens (including phenoxy) is 2. The van der Waals surface area contributed by atoms with Gasteiger partial charge in [-0.3, -0.25) is 0 Å². The molecule has 0 amide bonds. The standard InChI is InChI=1S/C13H14O4/c14-12-10-5-4-6-11(9-10)13(15)17-8-3-1-2-7-16-12/h4-6,9H,1-3,7-8H2. The highest BCUT2D eigenvalue weighted by molar-refractivity contribution is 5.95. The summed E-state index contributed by atoms with van der Waals surface area (Å²) in [5, 5.41) is 0. The number of carbonyl (C=O) groups excluding carboxylic acids is 2. The molecule has 0 unspecified atom stereocenters. The van der Waals surface area contributed by atoms with Gasteiger partial charge in [-0.05, 0) is 37.5 Å². The first-order chi connectivity index (χ1) is 8.27. The molecule has 0 aromatic heterocycles. The topological polar surface area (TPSA) is 52.6 Å². The fourth-order valence-electron chi connectivity index (χ4n) is 1.65. The third-order valence-electron chi connectivity index (χ3n) is 2.59. The number of hydrogen-bond acceptors (Lipinski definition) is 4. The van der Waals surface area contributed by atoms with Gasteiger partial charge in [-0.2, -0.15) is 0 Å². The lowest BCUT2D eigenvalue weighted by Crippen LogP contribution is -2.12. The average molecular weight is 234 g/mol. The lowest BCUT2D eigenvalue weighted by atomic mass is 10.1. The maximum Gasteiger partial charge on any atom is 0.338 e. The van der Waals surface area contributed by atoms with E-state index in [1.165, 1.54) is 6.07 Å². The largest absolute Gasteiger partial charge is 0.462 e. The maximum atomic E-state index is 11.6. The summed E-state index contributed by atoms with van der Waals surface area (Å²) in [5.41, 5.74) is 0.778. The fourth-order valence-corrected chi connectivity index (χ4v) is 1.65. The van der Waals surface area contributed by atoms with Crippen molar-refractivity contribution < 1.29 is 19.1 Å². The van der Waals surface area contributed by atoms with E-state index in [2.05, 4.69) is 0 Å². The Balaban J connectivity index is 2.23. The third-order valence-corrected chi connectivity index (χ3v) is 2.59. The highest BCUT2D eigenvalue weighted by atomic mass is 16.5. The molecule has 0 saturated heterocycles. The summed E-state index contributed by atoms with van der Waals surface area (Å²) >= 11 is 0. The van der Waals surface area contributed by atoms with Crippen molar-refractivity contribution in [3.63, 3.8) is 0 Å². The molecule has 4 nitrogen and oxygen atoms in total. The van der Waals surface area contributed by atoms with Gasteiger partial charge >= 0.3 is 11.9 Å². The number of hydrogen-bond donors (Lipinski definition) is 0. The van der Waals surface area contributed by atoms with Crippen molar-refractivity contribution in [2.75, 3.05) is 13.2 Å². The van der Waals surface area contributed by atoms with Crippen molar-refractivity contribution in [2.24, 2.45) is 0 Å². The molecule has 1 aliphatic heterocycles. The summed E-state index contributed by atoms with van der Waals surface area (Å²) in [6.07, 6.45) is 2.47. The van der Waals surface area contributed by atoms with Crippen LogP contribution in [0, 0.1) is 0 Å². The van der Waals surface area contributed by atoms with Gasteiger partial charge < -0.3 is 9.47 Å². The zero-order valence-corrected chi connectivity index (χ0v) is 9.48. The third kappa shape index (κ3) is 3.06. The second-order valence-electron chi connectivity index (χ2n) is 3.91. The Kier molecular flexibility index (Phi) is 3.75. The molecule has 0 atom stereocenters. The maximum absolute atomic E-state index is 11.6. The summed E-state index contributed by atoms with van der Waals surface area (Å²) < 4.78 is 10.2. The Morgan fingerprint density at radius 1 is 0.824 bits per heavy atom. The van der Waals surface area contributed by atoms with Crippen LogP contribution in [0.15, 0.2) is 24.3 Å². The Bertz CT molecular complexity index is 390. The molecule has 2 bridgehead atoms. The van der Waals surface area contributed by atoms with Crippen LogP contribution in [0.3, 0.4) is 0 Å². The van der Waals surface area contributed by atoms with Crippen LogP contribution in [0.25, 0.3) is 0 Å². The van der Waals surface area contributed by atoms with Crippen LogP contribution in [-0.2, 0) is 9.47 Å². The molecular weight excluding hydrogens is 220 g/mol.